The molecule has 1 amide bonds. The molecule has 0 radical (unpaired) electrons. The summed E-state index contributed by atoms with van der Waals surface area (Å²) < 4.78 is 17.9. The van der Waals surface area contributed by atoms with Crippen LogP contribution in [0.1, 0.15) is 39.0 Å². The van der Waals surface area contributed by atoms with Gasteiger partial charge in [-0.1, -0.05) is 6.92 Å². The van der Waals surface area contributed by atoms with Crippen molar-refractivity contribution < 1.29 is 18.7 Å². The van der Waals surface area contributed by atoms with E-state index in [0.717, 1.165) is 5.69 Å². The zero-order valence-electron chi connectivity index (χ0n) is 15.8. The van der Waals surface area contributed by atoms with Crippen molar-refractivity contribution in [3.05, 3.63) is 52.6 Å². The number of esters is 1. The average Bonchev–Trinajstić information content (AvgIpc) is 3.04. The maximum Gasteiger partial charge on any atom is 0.339 e. The smallest absolute Gasteiger partial charge is 0.339 e. The Morgan fingerprint density at radius 1 is 1.15 bits per heavy atom. The number of aryl methyl sites for hydroxylation is 1. The van der Waals surface area contributed by atoms with Crippen molar-refractivity contribution in [2.24, 2.45) is 0 Å². The standard InChI is InChI=1S/C20H24FN3O3/c1-4-16-17(20(26)27-3)13(2)18(22-16)19(25)24-11-9-23(10-12-24)15-7-5-14(21)6-8-15/h5-8,22H,4,9-12H2,1-3H3. The van der Waals surface area contributed by atoms with Crippen LogP contribution in [0.4, 0.5) is 10.1 Å². The van der Waals surface area contributed by atoms with Gasteiger partial charge in [-0.05, 0) is 43.2 Å². The summed E-state index contributed by atoms with van der Waals surface area (Å²) in [7, 11) is 1.34. The average molecular weight is 373 g/mol. The number of carbonyl (C=O) groups excluding carboxylic acids is 2. The van der Waals surface area contributed by atoms with E-state index in [0.29, 0.717) is 55.1 Å². The van der Waals surface area contributed by atoms with Crippen molar-refractivity contribution in [2.45, 2.75) is 20.3 Å². The number of aromatic nitrogens is 1. The highest BCUT2D eigenvalue weighted by Crippen LogP contribution is 2.23. The topological polar surface area (TPSA) is 65.6 Å². The molecule has 1 saturated heterocycles. The predicted molar refractivity (Wildman–Crippen MR) is 101 cm³/mol. The van der Waals surface area contributed by atoms with Crippen molar-refractivity contribution in [2.75, 3.05) is 38.2 Å². The normalized spacial score (nSPS) is 14.4. The van der Waals surface area contributed by atoms with Gasteiger partial charge in [0.05, 0.1) is 12.7 Å². The highest BCUT2D eigenvalue weighted by molar-refractivity contribution is 6.00. The lowest BCUT2D eigenvalue weighted by Crippen LogP contribution is -2.49. The zero-order chi connectivity index (χ0) is 19.6. The van der Waals surface area contributed by atoms with E-state index in [1.54, 1.807) is 24.0 Å². The number of methoxy groups -OCH3 is 1. The molecule has 0 bridgehead atoms. The summed E-state index contributed by atoms with van der Waals surface area (Å²) >= 11 is 0. The van der Waals surface area contributed by atoms with Gasteiger partial charge in [0.1, 0.15) is 11.5 Å². The Hall–Kier alpha value is -2.83. The molecule has 1 aliphatic rings. The fourth-order valence-electron chi connectivity index (χ4n) is 3.49. The maximum absolute atomic E-state index is 13.1. The van der Waals surface area contributed by atoms with Crippen LogP contribution in [0.5, 0.6) is 0 Å². The minimum Gasteiger partial charge on any atom is -0.465 e. The molecule has 1 aromatic heterocycles. The van der Waals surface area contributed by atoms with Crippen LogP contribution in [0.15, 0.2) is 24.3 Å². The summed E-state index contributed by atoms with van der Waals surface area (Å²) in [6.07, 6.45) is 0.608. The second-order valence-corrected chi connectivity index (χ2v) is 6.58. The molecule has 0 aliphatic carbocycles. The van der Waals surface area contributed by atoms with Crippen LogP contribution in [0.3, 0.4) is 0 Å². The highest BCUT2D eigenvalue weighted by Gasteiger charge is 2.28. The summed E-state index contributed by atoms with van der Waals surface area (Å²) in [5.74, 6) is -0.806. The number of carbonyl (C=O) groups is 2. The van der Waals surface area contributed by atoms with Gasteiger partial charge < -0.3 is 19.5 Å². The number of rotatable bonds is 4. The molecule has 1 fully saturated rings. The van der Waals surface area contributed by atoms with Crippen molar-refractivity contribution >= 4 is 17.6 Å². The third-order valence-electron chi connectivity index (χ3n) is 5.04. The molecular formula is C20H24FN3O3. The molecule has 1 N–H and O–H groups in total. The minimum atomic E-state index is -0.430. The first-order valence-electron chi connectivity index (χ1n) is 9.05. The first-order valence-corrected chi connectivity index (χ1v) is 9.05. The molecule has 6 nitrogen and oxygen atoms in total. The molecule has 7 heteroatoms. The van der Waals surface area contributed by atoms with Crippen LogP contribution in [0, 0.1) is 12.7 Å². The summed E-state index contributed by atoms with van der Waals surface area (Å²) in [6, 6.07) is 6.38. The molecule has 2 heterocycles. The van der Waals surface area contributed by atoms with E-state index in [2.05, 4.69) is 9.88 Å². The first-order chi connectivity index (χ1) is 13.0. The number of nitrogens with zero attached hydrogens (tertiary/aromatic N) is 2. The lowest BCUT2D eigenvalue weighted by molar-refractivity contribution is 0.0599. The number of H-pyrrole nitrogens is 1. The fourth-order valence-corrected chi connectivity index (χ4v) is 3.49. The van der Waals surface area contributed by atoms with Gasteiger partial charge in [-0.15, -0.1) is 0 Å². The Morgan fingerprint density at radius 2 is 1.78 bits per heavy atom. The number of hydrogen-bond donors (Lipinski definition) is 1. The number of ether oxygens (including phenoxy) is 1. The number of aromatic amines is 1. The van der Waals surface area contributed by atoms with E-state index in [4.69, 9.17) is 4.74 Å². The number of piperazine rings is 1. The molecule has 0 saturated carbocycles. The largest absolute Gasteiger partial charge is 0.465 e. The van der Waals surface area contributed by atoms with Crippen molar-refractivity contribution in [3.63, 3.8) is 0 Å². The van der Waals surface area contributed by atoms with Crippen LogP contribution >= 0.6 is 0 Å². The second-order valence-electron chi connectivity index (χ2n) is 6.58. The van der Waals surface area contributed by atoms with E-state index < -0.39 is 5.97 Å². The van der Waals surface area contributed by atoms with Crippen molar-refractivity contribution in [3.8, 4) is 0 Å². The number of hydrogen-bond acceptors (Lipinski definition) is 4. The van der Waals surface area contributed by atoms with Gasteiger partial charge in [0, 0.05) is 37.6 Å². The first kappa shape index (κ1) is 18.9. The van der Waals surface area contributed by atoms with Crippen LogP contribution in [0.25, 0.3) is 0 Å². The number of nitrogens with one attached hydrogen (secondary N) is 1. The van der Waals surface area contributed by atoms with Gasteiger partial charge in [0.2, 0.25) is 0 Å². The van der Waals surface area contributed by atoms with Crippen LogP contribution in [-0.2, 0) is 11.2 Å². The van der Waals surface area contributed by atoms with Gasteiger partial charge >= 0.3 is 5.97 Å². The molecule has 0 atom stereocenters. The number of anilines is 1. The van der Waals surface area contributed by atoms with Gasteiger partial charge in [-0.2, -0.15) is 0 Å². The molecule has 1 aromatic carbocycles. The van der Waals surface area contributed by atoms with Crippen LogP contribution in [-0.4, -0.2) is 55.0 Å². The van der Waals surface area contributed by atoms with Crippen molar-refractivity contribution in [1.82, 2.24) is 9.88 Å². The summed E-state index contributed by atoms with van der Waals surface area (Å²) in [4.78, 5) is 32.0. The Kier molecular flexibility index (Phi) is 5.48. The Balaban J connectivity index is 1.73. The maximum atomic E-state index is 13.1. The Morgan fingerprint density at radius 3 is 2.33 bits per heavy atom. The fraction of sp³-hybridized carbons (Fsp3) is 0.400. The molecule has 0 unspecified atom stereocenters. The van der Waals surface area contributed by atoms with Crippen LogP contribution < -0.4 is 4.90 Å². The lowest BCUT2D eigenvalue weighted by atomic mass is 10.1. The molecular weight excluding hydrogens is 349 g/mol. The van der Waals surface area contributed by atoms with E-state index in [-0.39, 0.29) is 11.7 Å². The third kappa shape index (κ3) is 3.67. The zero-order valence-corrected chi connectivity index (χ0v) is 15.8. The quantitative estimate of drug-likeness (QED) is 0.837. The molecule has 144 valence electrons. The second kappa shape index (κ2) is 7.82. The van der Waals surface area contributed by atoms with E-state index in [1.165, 1.54) is 19.2 Å². The van der Waals surface area contributed by atoms with Gasteiger partial charge in [-0.25, -0.2) is 9.18 Å². The monoisotopic (exact) mass is 373 g/mol. The SMILES string of the molecule is CCc1[nH]c(C(=O)N2CCN(c3ccc(F)cc3)CC2)c(C)c1C(=O)OC. The molecule has 1 aliphatic heterocycles. The number of benzene rings is 1. The lowest BCUT2D eigenvalue weighted by Gasteiger charge is -2.36. The van der Waals surface area contributed by atoms with E-state index in [9.17, 15) is 14.0 Å². The molecule has 27 heavy (non-hydrogen) atoms. The summed E-state index contributed by atoms with van der Waals surface area (Å²) in [5, 5.41) is 0. The van der Waals surface area contributed by atoms with E-state index >= 15 is 0 Å². The number of halogens is 1. The predicted octanol–water partition coefficient (Wildman–Crippen LogP) is 2.77. The highest BCUT2D eigenvalue weighted by atomic mass is 19.1. The molecule has 3 rings (SSSR count). The van der Waals surface area contributed by atoms with Gasteiger partial charge in [0.15, 0.2) is 0 Å². The summed E-state index contributed by atoms with van der Waals surface area (Å²) in [5.41, 5.74) is 3.19. The minimum absolute atomic E-state index is 0.115. The summed E-state index contributed by atoms with van der Waals surface area (Å²) in [6.45, 7) is 6.15. The van der Waals surface area contributed by atoms with E-state index in [1.807, 2.05) is 6.92 Å². The Labute approximate surface area is 157 Å². The number of amides is 1. The van der Waals surface area contributed by atoms with Gasteiger partial charge in [-0.3, -0.25) is 4.79 Å². The van der Waals surface area contributed by atoms with Gasteiger partial charge in [0.25, 0.3) is 5.91 Å². The van der Waals surface area contributed by atoms with Crippen LogP contribution in [0.2, 0.25) is 0 Å². The molecule has 2 aromatic rings. The van der Waals surface area contributed by atoms with Crippen molar-refractivity contribution in [1.29, 1.82) is 0 Å². The molecule has 0 spiro atoms. The Bertz CT molecular complexity index is 837. The third-order valence-corrected chi connectivity index (χ3v) is 5.04.